The molecule has 0 aromatic carbocycles. The highest BCUT2D eigenvalue weighted by molar-refractivity contribution is 5.71. The fourth-order valence-corrected chi connectivity index (χ4v) is 0. The van der Waals surface area contributed by atoms with Crippen LogP contribution in [-0.4, -0.2) is 11.1 Å². The highest BCUT2D eigenvalue weighted by Crippen LogP contribution is 1.51. The highest BCUT2D eigenvalue weighted by Gasteiger charge is 1.52. The molecule has 6 N–H and O–H groups in total. The summed E-state index contributed by atoms with van der Waals surface area (Å²) in [4.78, 5) is 0. The van der Waals surface area contributed by atoms with Crippen LogP contribution in [0.2, 0.25) is 0 Å². The van der Waals surface area contributed by atoms with Gasteiger partial charge in [0.05, 0.1) is 6.26 Å². The maximum Gasteiger partial charge on any atom is 0.183 e. The molecule has 0 saturated carbocycles. The Labute approximate surface area is 48.3 Å². The number of guanidine groups is 1. The van der Waals surface area contributed by atoms with Gasteiger partial charge < -0.3 is 16.6 Å². The van der Waals surface area contributed by atoms with Gasteiger partial charge in [-0.05, 0) is 6.92 Å². The van der Waals surface area contributed by atoms with Crippen LogP contribution in [0.1, 0.15) is 6.92 Å². The lowest BCUT2D eigenvalue weighted by molar-refractivity contribution is 0.472. The van der Waals surface area contributed by atoms with Crippen molar-refractivity contribution in [3.63, 3.8) is 0 Å². The van der Waals surface area contributed by atoms with Crippen molar-refractivity contribution in [2.24, 2.45) is 11.5 Å². The predicted molar refractivity (Wildman–Crippen MR) is 33.5 cm³/mol. The second kappa shape index (κ2) is 9.26. The summed E-state index contributed by atoms with van der Waals surface area (Å²) in [5.74, 6) is -0.333. The number of allylic oxidation sites excluding steroid dienone is 1. The Morgan fingerprint density at radius 3 is 1.75 bits per heavy atom. The van der Waals surface area contributed by atoms with Crippen LogP contribution in [-0.2, 0) is 0 Å². The van der Waals surface area contributed by atoms with Crippen molar-refractivity contribution in [3.8, 4) is 0 Å². The van der Waals surface area contributed by atoms with Gasteiger partial charge in [-0.1, -0.05) is 6.08 Å². The minimum Gasteiger partial charge on any atom is -0.516 e. The molecule has 0 atom stereocenters. The van der Waals surface area contributed by atoms with Gasteiger partial charge in [0, 0.05) is 0 Å². The molecule has 0 aliphatic rings. The molecule has 8 heavy (non-hydrogen) atoms. The first-order valence-corrected chi connectivity index (χ1v) is 2.00. The van der Waals surface area contributed by atoms with Crippen molar-refractivity contribution in [1.82, 2.24) is 0 Å². The van der Waals surface area contributed by atoms with Crippen molar-refractivity contribution in [2.45, 2.75) is 6.92 Å². The van der Waals surface area contributed by atoms with Crippen LogP contribution in [0.3, 0.4) is 0 Å². The molecule has 0 aliphatic carbocycles. The fraction of sp³-hybridized carbons (Fsp3) is 0.250. The fourth-order valence-electron chi connectivity index (χ4n) is 0. The maximum atomic E-state index is 7.69. The zero-order valence-corrected chi connectivity index (χ0v) is 4.76. The predicted octanol–water partition coefficient (Wildman–Crippen LogP) is -0.0834. The zero-order valence-electron chi connectivity index (χ0n) is 4.76. The number of aliphatic hydroxyl groups excluding tert-OH is 1. The van der Waals surface area contributed by atoms with Crippen molar-refractivity contribution in [2.75, 3.05) is 0 Å². The topological polar surface area (TPSA) is 96.1 Å². The lowest BCUT2D eigenvalue weighted by Gasteiger charge is -1.69. The van der Waals surface area contributed by atoms with Crippen molar-refractivity contribution < 1.29 is 5.11 Å². The molecule has 0 bridgehead atoms. The van der Waals surface area contributed by atoms with Crippen molar-refractivity contribution >= 4 is 5.96 Å². The van der Waals surface area contributed by atoms with Crippen molar-refractivity contribution in [3.05, 3.63) is 12.3 Å². The monoisotopic (exact) mass is 117 g/mol. The Bertz CT molecular complexity index is 71.4. The van der Waals surface area contributed by atoms with Crippen LogP contribution < -0.4 is 11.5 Å². The number of hydrogen-bond donors (Lipinski definition) is 4. The van der Waals surface area contributed by atoms with Gasteiger partial charge >= 0.3 is 0 Å². The molecule has 0 aromatic heterocycles. The van der Waals surface area contributed by atoms with Crippen molar-refractivity contribution in [1.29, 1.82) is 5.41 Å². The third-order valence-electron chi connectivity index (χ3n) is 0.149. The molecule has 0 aromatic rings. The second-order valence-corrected chi connectivity index (χ2v) is 0.938. The molecular weight excluding hydrogens is 106 g/mol. The summed E-state index contributed by atoms with van der Waals surface area (Å²) in [6.45, 7) is 1.75. The molecule has 48 valence electrons. The van der Waals surface area contributed by atoms with Crippen LogP contribution >= 0.6 is 0 Å². The third kappa shape index (κ3) is 1930. The normalized spacial score (nSPS) is 7.62. The summed E-state index contributed by atoms with van der Waals surface area (Å²) in [5, 5.41) is 13.8. The smallest absolute Gasteiger partial charge is 0.183 e. The molecule has 0 aliphatic heterocycles. The second-order valence-electron chi connectivity index (χ2n) is 0.938. The van der Waals surface area contributed by atoms with Crippen LogP contribution in [0.25, 0.3) is 0 Å². The summed E-state index contributed by atoms with van der Waals surface area (Å²) in [7, 11) is 0. The Balaban J connectivity index is 0. The SMILES string of the molecule is CC=CO.N=C(N)N. The molecule has 0 heterocycles. The molecule has 4 heteroatoms. The van der Waals surface area contributed by atoms with E-state index in [1.807, 2.05) is 0 Å². The first-order valence-electron chi connectivity index (χ1n) is 2.00. The van der Waals surface area contributed by atoms with Gasteiger partial charge in [0.2, 0.25) is 0 Å². The largest absolute Gasteiger partial charge is 0.516 e. The average Bonchev–Trinajstić information content (AvgIpc) is 1.65. The van der Waals surface area contributed by atoms with E-state index in [9.17, 15) is 0 Å². The number of hydrogen-bond acceptors (Lipinski definition) is 2. The quantitative estimate of drug-likeness (QED) is 0.203. The third-order valence-corrected chi connectivity index (χ3v) is 0.149. The van der Waals surface area contributed by atoms with Crippen LogP contribution in [0, 0.1) is 5.41 Å². The Hall–Kier alpha value is -1.19. The molecule has 0 spiro atoms. The minimum absolute atomic E-state index is 0.333. The van der Waals surface area contributed by atoms with Gasteiger partial charge in [-0.3, -0.25) is 5.41 Å². The Morgan fingerprint density at radius 2 is 1.75 bits per heavy atom. The maximum absolute atomic E-state index is 7.69. The molecule has 0 radical (unpaired) electrons. The average molecular weight is 117 g/mol. The van der Waals surface area contributed by atoms with E-state index in [1.54, 1.807) is 13.0 Å². The van der Waals surface area contributed by atoms with E-state index >= 15 is 0 Å². The summed E-state index contributed by atoms with van der Waals surface area (Å²) in [5.41, 5.74) is 8.94. The summed E-state index contributed by atoms with van der Waals surface area (Å²) < 4.78 is 0. The Morgan fingerprint density at radius 1 is 1.62 bits per heavy atom. The summed E-state index contributed by atoms with van der Waals surface area (Å²) in [6, 6.07) is 0. The highest BCUT2D eigenvalue weighted by atomic mass is 16.2. The Kier molecular flexibility index (Phi) is 11.5. The minimum atomic E-state index is -0.333. The number of nitrogens with two attached hydrogens (primary N) is 2. The van der Waals surface area contributed by atoms with E-state index in [1.165, 1.54) is 0 Å². The van der Waals surface area contributed by atoms with E-state index in [0.29, 0.717) is 0 Å². The number of rotatable bonds is 0. The van der Waals surface area contributed by atoms with E-state index < -0.39 is 0 Å². The van der Waals surface area contributed by atoms with Crippen LogP contribution in [0.4, 0.5) is 0 Å². The molecule has 0 unspecified atom stereocenters. The summed E-state index contributed by atoms with van der Waals surface area (Å²) >= 11 is 0. The van der Waals surface area contributed by atoms with Crippen LogP contribution in [0.15, 0.2) is 12.3 Å². The molecule has 0 fully saturated rings. The molecule has 0 saturated heterocycles. The lowest BCUT2D eigenvalue weighted by Crippen LogP contribution is -2.20. The van der Waals surface area contributed by atoms with Gasteiger partial charge in [0.1, 0.15) is 0 Å². The molecule has 4 nitrogen and oxygen atoms in total. The van der Waals surface area contributed by atoms with Gasteiger partial charge in [-0.2, -0.15) is 0 Å². The standard InChI is InChI=1S/C3H6O.CH5N3/c1-2-3-4;2-1(3)4/h2-4H,1H3;(H5,2,3,4). The molecule has 0 amide bonds. The number of aliphatic hydroxyl groups is 1. The van der Waals surface area contributed by atoms with Gasteiger partial charge in [-0.25, -0.2) is 0 Å². The van der Waals surface area contributed by atoms with Gasteiger partial charge in [0.25, 0.3) is 0 Å². The first kappa shape index (κ1) is 9.94. The van der Waals surface area contributed by atoms with Crippen LogP contribution in [0.5, 0.6) is 0 Å². The number of nitrogens with one attached hydrogen (secondary N) is 1. The first-order chi connectivity index (χ1) is 3.65. The molecular formula is C4H11N3O. The van der Waals surface area contributed by atoms with Gasteiger partial charge in [-0.15, -0.1) is 0 Å². The molecule has 0 rings (SSSR count). The van der Waals surface area contributed by atoms with E-state index in [-0.39, 0.29) is 5.96 Å². The van der Waals surface area contributed by atoms with E-state index in [2.05, 4.69) is 11.5 Å². The zero-order chi connectivity index (χ0) is 6.99. The van der Waals surface area contributed by atoms with E-state index in [0.717, 1.165) is 6.26 Å². The van der Waals surface area contributed by atoms with E-state index in [4.69, 9.17) is 10.5 Å². The lowest BCUT2D eigenvalue weighted by atomic mass is 10.8. The van der Waals surface area contributed by atoms with Gasteiger partial charge in [0.15, 0.2) is 5.96 Å². The summed E-state index contributed by atoms with van der Waals surface area (Å²) in [6.07, 6.45) is 2.56.